The lowest BCUT2D eigenvalue weighted by Gasteiger charge is -2.22. The summed E-state index contributed by atoms with van der Waals surface area (Å²) in [5.41, 5.74) is 4.19. The standard InChI is InChI=1S/C46H76N2O4/c1-5-9-13-15-19-35-47(33-17-11-7-3)37-21-23-45(49)51-39-41-25-29-43(30-26-41)44-31-27-42(28-32-44)40-52-46(50)24-22-38-48(34-18-12-8-4)36-20-16-14-10-6-2/h25-32H,5-24,33-40H2,1-4H3. The largest absolute Gasteiger partial charge is 0.461 e. The van der Waals surface area contributed by atoms with Crippen molar-refractivity contribution in [3.8, 4) is 11.1 Å². The Morgan fingerprint density at radius 1 is 0.404 bits per heavy atom. The van der Waals surface area contributed by atoms with E-state index in [0.717, 1.165) is 74.4 Å². The second kappa shape index (κ2) is 30.7. The van der Waals surface area contributed by atoms with Gasteiger partial charge in [-0.2, -0.15) is 0 Å². The first-order valence-corrected chi connectivity index (χ1v) is 21.4. The monoisotopic (exact) mass is 721 g/mol. The van der Waals surface area contributed by atoms with Gasteiger partial charge >= 0.3 is 11.9 Å². The molecule has 0 aromatic heterocycles. The first-order chi connectivity index (χ1) is 25.5. The highest BCUT2D eigenvalue weighted by Crippen LogP contribution is 2.21. The van der Waals surface area contributed by atoms with Crippen molar-refractivity contribution in [1.29, 1.82) is 0 Å². The van der Waals surface area contributed by atoms with Crippen molar-refractivity contribution >= 4 is 11.9 Å². The number of benzene rings is 2. The minimum atomic E-state index is -0.116. The number of carbonyl (C=O) groups is 2. The molecule has 0 saturated heterocycles. The molecule has 0 saturated carbocycles. The lowest BCUT2D eigenvalue weighted by atomic mass is 10.0. The number of esters is 2. The van der Waals surface area contributed by atoms with Crippen LogP contribution in [-0.4, -0.2) is 61.0 Å². The minimum Gasteiger partial charge on any atom is -0.461 e. The molecule has 0 unspecified atom stereocenters. The maximum Gasteiger partial charge on any atom is 0.306 e. The minimum absolute atomic E-state index is 0.116. The van der Waals surface area contributed by atoms with Crippen molar-refractivity contribution in [2.24, 2.45) is 0 Å². The number of carbonyl (C=O) groups excluding carboxylic acids is 2. The van der Waals surface area contributed by atoms with Crippen molar-refractivity contribution < 1.29 is 19.1 Å². The zero-order chi connectivity index (χ0) is 37.5. The van der Waals surface area contributed by atoms with Gasteiger partial charge in [-0.15, -0.1) is 0 Å². The Hall–Kier alpha value is -2.70. The lowest BCUT2D eigenvalue weighted by molar-refractivity contribution is -0.146. The number of hydrogen-bond donors (Lipinski definition) is 0. The van der Waals surface area contributed by atoms with Crippen LogP contribution in [0, 0.1) is 0 Å². The predicted octanol–water partition coefficient (Wildman–Crippen LogP) is 11.9. The number of hydrogen-bond acceptors (Lipinski definition) is 6. The van der Waals surface area contributed by atoms with Gasteiger partial charge in [0, 0.05) is 12.8 Å². The van der Waals surface area contributed by atoms with E-state index in [0.29, 0.717) is 26.1 Å². The summed E-state index contributed by atoms with van der Waals surface area (Å²) in [6.07, 6.45) is 23.1. The molecule has 0 amide bonds. The summed E-state index contributed by atoms with van der Waals surface area (Å²) in [5.74, 6) is -0.233. The van der Waals surface area contributed by atoms with Gasteiger partial charge in [-0.05, 0) is 100 Å². The molecule has 0 fully saturated rings. The van der Waals surface area contributed by atoms with Crippen LogP contribution in [0.4, 0.5) is 0 Å². The number of rotatable bonds is 33. The van der Waals surface area contributed by atoms with Gasteiger partial charge in [0.2, 0.25) is 0 Å². The normalized spacial score (nSPS) is 11.4. The highest BCUT2D eigenvalue weighted by molar-refractivity contribution is 5.70. The first-order valence-electron chi connectivity index (χ1n) is 21.4. The molecule has 0 N–H and O–H groups in total. The fraction of sp³-hybridized carbons (Fsp3) is 0.696. The zero-order valence-corrected chi connectivity index (χ0v) is 33.9. The Labute approximate surface area is 319 Å². The summed E-state index contributed by atoms with van der Waals surface area (Å²) in [5, 5.41) is 0. The van der Waals surface area contributed by atoms with Crippen molar-refractivity contribution in [1.82, 2.24) is 9.80 Å². The van der Waals surface area contributed by atoms with E-state index in [1.165, 1.54) is 103 Å². The molecule has 0 aliphatic rings. The van der Waals surface area contributed by atoms with Gasteiger partial charge in [-0.1, -0.05) is 153 Å². The molecular formula is C46H76N2O4. The summed E-state index contributed by atoms with van der Waals surface area (Å²) in [4.78, 5) is 30.1. The van der Waals surface area contributed by atoms with E-state index >= 15 is 0 Å². The van der Waals surface area contributed by atoms with E-state index in [9.17, 15) is 9.59 Å². The van der Waals surface area contributed by atoms with Crippen LogP contribution in [0.2, 0.25) is 0 Å². The maximum absolute atomic E-state index is 12.5. The molecule has 0 atom stereocenters. The number of unbranched alkanes of at least 4 members (excludes halogenated alkanes) is 12. The summed E-state index contributed by atoms with van der Waals surface area (Å²) >= 11 is 0. The molecule has 0 radical (unpaired) electrons. The van der Waals surface area contributed by atoms with Crippen LogP contribution in [0.1, 0.15) is 167 Å². The van der Waals surface area contributed by atoms with Crippen LogP contribution in [-0.2, 0) is 32.3 Å². The third-order valence-corrected chi connectivity index (χ3v) is 10.1. The van der Waals surface area contributed by atoms with Gasteiger partial charge in [0.25, 0.3) is 0 Å². The maximum atomic E-state index is 12.5. The molecular weight excluding hydrogens is 645 g/mol. The SMILES string of the molecule is CCCCCCCN(CCCCC)CCCC(=O)OCc1ccc(-c2ccc(COC(=O)CCCN(CCCCC)CCCCCCC)cc2)cc1. The van der Waals surface area contributed by atoms with Crippen LogP contribution in [0.25, 0.3) is 11.1 Å². The van der Waals surface area contributed by atoms with Crippen LogP contribution in [0.3, 0.4) is 0 Å². The van der Waals surface area contributed by atoms with Crippen LogP contribution >= 0.6 is 0 Å². The molecule has 0 bridgehead atoms. The summed E-state index contributed by atoms with van der Waals surface area (Å²) < 4.78 is 11.2. The van der Waals surface area contributed by atoms with Crippen molar-refractivity contribution in [2.45, 2.75) is 169 Å². The van der Waals surface area contributed by atoms with E-state index in [1.54, 1.807) is 0 Å². The molecule has 0 aliphatic heterocycles. The molecule has 0 spiro atoms. The average Bonchev–Trinajstić information content (AvgIpc) is 3.16. The van der Waals surface area contributed by atoms with E-state index in [-0.39, 0.29) is 11.9 Å². The molecule has 6 nitrogen and oxygen atoms in total. The predicted molar refractivity (Wildman–Crippen MR) is 219 cm³/mol. The topological polar surface area (TPSA) is 59.1 Å². The van der Waals surface area contributed by atoms with Crippen molar-refractivity contribution in [3.63, 3.8) is 0 Å². The van der Waals surface area contributed by atoms with Crippen molar-refractivity contribution in [3.05, 3.63) is 59.7 Å². The van der Waals surface area contributed by atoms with Gasteiger partial charge in [0.15, 0.2) is 0 Å². The first kappa shape index (κ1) is 45.5. The molecule has 0 heterocycles. The fourth-order valence-electron chi connectivity index (χ4n) is 6.67. The van der Waals surface area contributed by atoms with E-state index < -0.39 is 0 Å². The highest BCUT2D eigenvalue weighted by Gasteiger charge is 2.11. The van der Waals surface area contributed by atoms with Gasteiger partial charge < -0.3 is 19.3 Å². The van der Waals surface area contributed by atoms with Gasteiger partial charge in [-0.3, -0.25) is 9.59 Å². The Morgan fingerprint density at radius 2 is 0.692 bits per heavy atom. The molecule has 2 aromatic rings. The molecule has 6 heteroatoms. The second-order valence-corrected chi connectivity index (χ2v) is 14.8. The Morgan fingerprint density at radius 3 is 1.04 bits per heavy atom. The van der Waals surface area contributed by atoms with Crippen LogP contribution < -0.4 is 0 Å². The van der Waals surface area contributed by atoms with E-state index in [2.05, 4.69) is 61.8 Å². The van der Waals surface area contributed by atoms with Crippen LogP contribution in [0.5, 0.6) is 0 Å². The third kappa shape index (κ3) is 22.4. The molecule has 294 valence electrons. The Kier molecular flexibility index (Phi) is 26.9. The van der Waals surface area contributed by atoms with Crippen LogP contribution in [0.15, 0.2) is 48.5 Å². The molecule has 0 aliphatic carbocycles. The third-order valence-electron chi connectivity index (χ3n) is 10.1. The Balaban J connectivity index is 1.69. The van der Waals surface area contributed by atoms with E-state index in [1.807, 2.05) is 24.3 Å². The van der Waals surface area contributed by atoms with Gasteiger partial charge in [-0.25, -0.2) is 0 Å². The molecule has 2 rings (SSSR count). The number of ether oxygens (including phenoxy) is 2. The van der Waals surface area contributed by atoms with Crippen molar-refractivity contribution in [2.75, 3.05) is 39.3 Å². The smallest absolute Gasteiger partial charge is 0.306 e. The highest BCUT2D eigenvalue weighted by atomic mass is 16.5. The lowest BCUT2D eigenvalue weighted by Crippen LogP contribution is -2.28. The van der Waals surface area contributed by atoms with E-state index in [4.69, 9.17) is 9.47 Å². The summed E-state index contributed by atoms with van der Waals surface area (Å²) in [7, 11) is 0. The van der Waals surface area contributed by atoms with Gasteiger partial charge in [0.1, 0.15) is 13.2 Å². The summed E-state index contributed by atoms with van der Waals surface area (Å²) in [6, 6.07) is 16.4. The Bertz CT molecular complexity index is 1060. The molecule has 52 heavy (non-hydrogen) atoms. The second-order valence-electron chi connectivity index (χ2n) is 14.8. The number of nitrogens with zero attached hydrogens (tertiary/aromatic N) is 2. The fourth-order valence-corrected chi connectivity index (χ4v) is 6.67. The molecule has 2 aromatic carbocycles. The quantitative estimate of drug-likeness (QED) is 0.0540. The van der Waals surface area contributed by atoms with Gasteiger partial charge in [0.05, 0.1) is 0 Å². The average molecular weight is 721 g/mol. The zero-order valence-electron chi connectivity index (χ0n) is 33.9. The summed E-state index contributed by atoms with van der Waals surface area (Å²) in [6.45, 7) is 16.1.